The van der Waals surface area contributed by atoms with Crippen LogP contribution in [-0.2, 0) is 0 Å². The molecule has 3 aromatic rings. The van der Waals surface area contributed by atoms with E-state index in [0.29, 0.717) is 36.3 Å². The van der Waals surface area contributed by atoms with Gasteiger partial charge >= 0.3 is 0 Å². The van der Waals surface area contributed by atoms with Gasteiger partial charge in [0.15, 0.2) is 0 Å². The topological polar surface area (TPSA) is 101 Å². The largest absolute Gasteiger partial charge is 0.481 e. The van der Waals surface area contributed by atoms with E-state index in [1.165, 1.54) is 18.9 Å². The number of aryl methyl sites for hydroxylation is 2. The zero-order chi connectivity index (χ0) is 20.6. The predicted octanol–water partition coefficient (Wildman–Crippen LogP) is 3.08. The number of methoxy groups -OCH3 is 1. The third-order valence-corrected chi connectivity index (χ3v) is 4.08. The molecule has 1 amide bonds. The second-order valence-corrected chi connectivity index (χ2v) is 6.48. The molecule has 0 bridgehead atoms. The van der Waals surface area contributed by atoms with Crippen LogP contribution in [0, 0.1) is 13.8 Å². The van der Waals surface area contributed by atoms with Crippen LogP contribution in [0.1, 0.15) is 21.6 Å². The first kappa shape index (κ1) is 20.1. The summed E-state index contributed by atoms with van der Waals surface area (Å²) in [6.45, 7) is 4.86. The maximum Gasteiger partial charge on any atom is 0.251 e. The number of rotatable bonds is 8. The van der Waals surface area contributed by atoms with Crippen molar-refractivity contribution in [2.45, 2.75) is 13.8 Å². The molecular formula is C21H24N6O2. The van der Waals surface area contributed by atoms with Gasteiger partial charge in [0.25, 0.3) is 5.91 Å². The average molecular weight is 392 g/mol. The molecule has 3 N–H and O–H groups in total. The highest BCUT2D eigenvalue weighted by Gasteiger charge is 2.07. The second kappa shape index (κ2) is 9.50. The number of nitrogens with zero attached hydrogens (tertiary/aromatic N) is 3. The molecule has 0 fully saturated rings. The number of benzene rings is 1. The van der Waals surface area contributed by atoms with Crippen molar-refractivity contribution in [1.29, 1.82) is 0 Å². The van der Waals surface area contributed by atoms with Crippen molar-refractivity contribution >= 4 is 23.4 Å². The zero-order valence-electron chi connectivity index (χ0n) is 16.7. The Morgan fingerprint density at radius 1 is 1.03 bits per heavy atom. The van der Waals surface area contributed by atoms with Crippen molar-refractivity contribution in [3.05, 3.63) is 65.5 Å². The van der Waals surface area contributed by atoms with Crippen LogP contribution < -0.4 is 20.7 Å². The molecule has 1 aromatic carbocycles. The fraction of sp³-hybridized carbons (Fsp3) is 0.238. The van der Waals surface area contributed by atoms with Gasteiger partial charge in [0.2, 0.25) is 11.8 Å². The van der Waals surface area contributed by atoms with E-state index in [1.807, 2.05) is 44.2 Å². The van der Waals surface area contributed by atoms with Crippen LogP contribution in [0.3, 0.4) is 0 Å². The summed E-state index contributed by atoms with van der Waals surface area (Å²) in [5, 5.41) is 9.25. The lowest BCUT2D eigenvalue weighted by Crippen LogP contribution is -2.29. The number of ether oxygens (including phenoxy) is 1. The van der Waals surface area contributed by atoms with Crippen LogP contribution in [-0.4, -0.2) is 41.1 Å². The Morgan fingerprint density at radius 3 is 2.59 bits per heavy atom. The molecular weight excluding hydrogens is 368 g/mol. The maximum absolute atomic E-state index is 12.2. The van der Waals surface area contributed by atoms with Crippen molar-refractivity contribution in [3.8, 4) is 5.88 Å². The van der Waals surface area contributed by atoms with Crippen LogP contribution in [0.25, 0.3) is 0 Å². The summed E-state index contributed by atoms with van der Waals surface area (Å²) in [6, 6.07) is 13.2. The molecule has 150 valence electrons. The van der Waals surface area contributed by atoms with Crippen LogP contribution in [0.4, 0.5) is 17.5 Å². The van der Waals surface area contributed by atoms with Gasteiger partial charge in [-0.2, -0.15) is 4.98 Å². The van der Waals surface area contributed by atoms with Crippen molar-refractivity contribution in [3.63, 3.8) is 0 Å². The fourth-order valence-corrected chi connectivity index (χ4v) is 2.61. The van der Waals surface area contributed by atoms with E-state index < -0.39 is 0 Å². The first-order valence-corrected chi connectivity index (χ1v) is 9.25. The van der Waals surface area contributed by atoms with Gasteiger partial charge in [0, 0.05) is 48.4 Å². The van der Waals surface area contributed by atoms with Crippen LogP contribution in [0.2, 0.25) is 0 Å². The third-order valence-electron chi connectivity index (χ3n) is 4.08. The maximum atomic E-state index is 12.2. The highest BCUT2D eigenvalue weighted by Crippen LogP contribution is 2.17. The number of pyridine rings is 1. The highest BCUT2D eigenvalue weighted by molar-refractivity contribution is 5.94. The van der Waals surface area contributed by atoms with Gasteiger partial charge in [-0.3, -0.25) is 4.79 Å². The molecule has 2 aromatic heterocycles. The Balaban J connectivity index is 1.53. The molecule has 0 radical (unpaired) electrons. The normalized spacial score (nSPS) is 10.3. The minimum atomic E-state index is -0.195. The lowest BCUT2D eigenvalue weighted by Gasteiger charge is -2.11. The summed E-state index contributed by atoms with van der Waals surface area (Å²) in [5.74, 6) is 1.41. The fourth-order valence-electron chi connectivity index (χ4n) is 2.61. The quantitative estimate of drug-likeness (QED) is 0.506. The molecule has 29 heavy (non-hydrogen) atoms. The highest BCUT2D eigenvalue weighted by atomic mass is 16.5. The first-order valence-electron chi connectivity index (χ1n) is 9.25. The van der Waals surface area contributed by atoms with Crippen molar-refractivity contribution < 1.29 is 9.53 Å². The molecule has 0 unspecified atom stereocenters. The SMILES string of the molecule is COc1cc(C(=O)NCCNc2nc(C)cc(Nc3ccc(C)cc3)n2)ccn1. The molecule has 3 rings (SSSR count). The van der Waals surface area contributed by atoms with E-state index in [9.17, 15) is 4.79 Å². The number of nitrogens with one attached hydrogen (secondary N) is 3. The van der Waals surface area contributed by atoms with Gasteiger partial charge < -0.3 is 20.7 Å². The van der Waals surface area contributed by atoms with Gasteiger partial charge in [-0.15, -0.1) is 0 Å². The Labute approximate surface area is 169 Å². The molecule has 0 aliphatic carbocycles. The monoisotopic (exact) mass is 392 g/mol. The van der Waals surface area contributed by atoms with E-state index in [1.54, 1.807) is 12.1 Å². The predicted molar refractivity (Wildman–Crippen MR) is 113 cm³/mol. The van der Waals surface area contributed by atoms with Gasteiger partial charge in [-0.1, -0.05) is 17.7 Å². The van der Waals surface area contributed by atoms with Gasteiger partial charge in [-0.25, -0.2) is 9.97 Å². The molecule has 0 saturated carbocycles. The molecule has 8 heteroatoms. The van der Waals surface area contributed by atoms with Gasteiger partial charge in [0.05, 0.1) is 7.11 Å². The smallest absolute Gasteiger partial charge is 0.251 e. The average Bonchev–Trinajstić information content (AvgIpc) is 2.72. The van der Waals surface area contributed by atoms with Crippen molar-refractivity contribution in [2.75, 3.05) is 30.8 Å². The molecule has 0 saturated heterocycles. The number of aromatic nitrogens is 3. The van der Waals surface area contributed by atoms with Crippen molar-refractivity contribution in [2.24, 2.45) is 0 Å². The first-order chi connectivity index (χ1) is 14.0. The Kier molecular flexibility index (Phi) is 6.57. The van der Waals surface area contributed by atoms with E-state index in [-0.39, 0.29) is 5.91 Å². The zero-order valence-corrected chi connectivity index (χ0v) is 16.7. The van der Waals surface area contributed by atoms with Crippen LogP contribution in [0.15, 0.2) is 48.7 Å². The Bertz CT molecular complexity index is 975. The van der Waals surface area contributed by atoms with Crippen LogP contribution >= 0.6 is 0 Å². The number of carbonyl (C=O) groups is 1. The van der Waals surface area contributed by atoms with Gasteiger partial charge in [-0.05, 0) is 32.0 Å². The molecule has 0 aliphatic heterocycles. The summed E-state index contributed by atoms with van der Waals surface area (Å²) in [4.78, 5) is 25.1. The van der Waals surface area contributed by atoms with Crippen LogP contribution in [0.5, 0.6) is 5.88 Å². The number of anilines is 3. The molecule has 0 aliphatic rings. The third kappa shape index (κ3) is 5.90. The number of carbonyl (C=O) groups excluding carboxylic acids is 1. The number of hydrogen-bond donors (Lipinski definition) is 3. The molecule has 2 heterocycles. The van der Waals surface area contributed by atoms with Crippen molar-refractivity contribution in [1.82, 2.24) is 20.3 Å². The molecule has 8 nitrogen and oxygen atoms in total. The lowest BCUT2D eigenvalue weighted by molar-refractivity contribution is 0.0954. The summed E-state index contributed by atoms with van der Waals surface area (Å²) in [5.41, 5.74) is 3.49. The van der Waals surface area contributed by atoms with Gasteiger partial charge in [0.1, 0.15) is 5.82 Å². The standard InChI is InChI=1S/C21H24N6O2/c1-14-4-6-17(7-5-14)26-18-12-15(2)25-21(27-18)24-11-10-23-20(28)16-8-9-22-19(13-16)29-3/h4-9,12-13H,10-11H2,1-3H3,(H,23,28)(H2,24,25,26,27). The van der Waals surface area contributed by atoms with E-state index in [0.717, 1.165) is 11.4 Å². The summed E-state index contributed by atoms with van der Waals surface area (Å²) < 4.78 is 5.03. The lowest BCUT2D eigenvalue weighted by atomic mass is 10.2. The summed E-state index contributed by atoms with van der Waals surface area (Å²) >= 11 is 0. The number of hydrogen-bond acceptors (Lipinski definition) is 7. The molecule has 0 spiro atoms. The minimum absolute atomic E-state index is 0.195. The van der Waals surface area contributed by atoms with E-state index >= 15 is 0 Å². The van der Waals surface area contributed by atoms with E-state index in [2.05, 4.69) is 30.9 Å². The summed E-state index contributed by atoms with van der Waals surface area (Å²) in [6.07, 6.45) is 1.54. The Hall–Kier alpha value is -3.68. The Morgan fingerprint density at radius 2 is 1.83 bits per heavy atom. The summed E-state index contributed by atoms with van der Waals surface area (Å²) in [7, 11) is 1.51. The minimum Gasteiger partial charge on any atom is -0.481 e. The van der Waals surface area contributed by atoms with E-state index in [4.69, 9.17) is 4.74 Å². The molecule has 0 atom stereocenters. The second-order valence-electron chi connectivity index (χ2n) is 6.48. The number of amides is 1.